The Bertz CT molecular complexity index is 283. The van der Waals surface area contributed by atoms with Crippen LogP contribution in [0.25, 0.3) is 0 Å². The number of methoxy groups -OCH3 is 1. The number of hydrogen-bond acceptors (Lipinski definition) is 4. The maximum Gasteiger partial charge on any atom is 0.217 e. The normalized spacial score (nSPS) is 28.5. The van der Waals surface area contributed by atoms with Gasteiger partial charge in [0, 0.05) is 27.5 Å². The fourth-order valence-corrected chi connectivity index (χ4v) is 1.88. The highest BCUT2D eigenvalue weighted by Gasteiger charge is 2.31. The molecular weight excluding hydrogens is 224 g/mol. The van der Waals surface area contributed by atoms with Gasteiger partial charge in [-0.05, 0) is 12.8 Å². The third kappa shape index (κ3) is 4.70. The molecule has 0 aromatic heterocycles. The Labute approximate surface area is 101 Å². The van der Waals surface area contributed by atoms with Crippen LogP contribution in [-0.4, -0.2) is 43.9 Å². The van der Waals surface area contributed by atoms with Gasteiger partial charge in [-0.25, -0.2) is 0 Å². The van der Waals surface area contributed by atoms with E-state index >= 15 is 0 Å². The Morgan fingerprint density at radius 3 is 2.53 bits per heavy atom. The zero-order valence-electron chi connectivity index (χ0n) is 10.5. The van der Waals surface area contributed by atoms with Gasteiger partial charge < -0.3 is 20.1 Å². The zero-order valence-corrected chi connectivity index (χ0v) is 10.5. The molecule has 0 bridgehead atoms. The first kappa shape index (κ1) is 13.9. The van der Waals surface area contributed by atoms with Gasteiger partial charge in [0.05, 0.1) is 12.1 Å². The van der Waals surface area contributed by atoms with Gasteiger partial charge in [-0.1, -0.05) is 0 Å². The lowest BCUT2D eigenvalue weighted by Crippen LogP contribution is -2.51. The molecule has 98 valence electrons. The SMILES string of the molecule is CO[C@H]1O[C@H](CNC(C)=O)CC[C@H]1NC(C)=O. The number of nitrogens with one attached hydrogen (secondary N) is 2. The predicted octanol–water partition coefficient (Wildman–Crippen LogP) is -0.221. The van der Waals surface area contributed by atoms with Crippen LogP contribution in [0.5, 0.6) is 0 Å². The minimum atomic E-state index is -0.452. The lowest BCUT2D eigenvalue weighted by atomic mass is 10.0. The van der Waals surface area contributed by atoms with Crippen LogP contribution in [0.3, 0.4) is 0 Å². The van der Waals surface area contributed by atoms with Crippen molar-refractivity contribution in [3.05, 3.63) is 0 Å². The summed E-state index contributed by atoms with van der Waals surface area (Å²) >= 11 is 0. The molecule has 2 N–H and O–H groups in total. The van der Waals surface area contributed by atoms with E-state index < -0.39 is 6.29 Å². The largest absolute Gasteiger partial charge is 0.354 e. The summed E-state index contributed by atoms with van der Waals surface area (Å²) in [6.45, 7) is 3.41. The average molecular weight is 244 g/mol. The van der Waals surface area contributed by atoms with Crippen LogP contribution in [0.1, 0.15) is 26.7 Å². The van der Waals surface area contributed by atoms with E-state index in [1.54, 1.807) is 7.11 Å². The van der Waals surface area contributed by atoms with Crippen molar-refractivity contribution in [1.29, 1.82) is 0 Å². The molecule has 0 unspecified atom stereocenters. The second-order valence-corrected chi connectivity index (χ2v) is 4.18. The van der Waals surface area contributed by atoms with Gasteiger partial charge in [-0.15, -0.1) is 0 Å². The van der Waals surface area contributed by atoms with Crippen molar-refractivity contribution >= 4 is 11.8 Å². The Morgan fingerprint density at radius 1 is 1.29 bits per heavy atom. The Morgan fingerprint density at radius 2 is 2.00 bits per heavy atom. The third-order valence-corrected chi connectivity index (χ3v) is 2.65. The monoisotopic (exact) mass is 244 g/mol. The standard InChI is InChI=1S/C11H20N2O4/c1-7(14)12-6-9-4-5-10(13-8(2)15)11(16-3)17-9/h9-11H,4-6H2,1-3H3,(H,12,14)(H,13,15)/t9-,10+,11-/m0/s1. The van der Waals surface area contributed by atoms with Crippen LogP contribution in [0, 0.1) is 0 Å². The lowest BCUT2D eigenvalue weighted by molar-refractivity contribution is -0.194. The van der Waals surface area contributed by atoms with Crippen LogP contribution < -0.4 is 10.6 Å². The number of carbonyl (C=O) groups is 2. The summed E-state index contributed by atoms with van der Waals surface area (Å²) in [5, 5.41) is 5.50. The molecule has 6 nitrogen and oxygen atoms in total. The van der Waals surface area contributed by atoms with Gasteiger partial charge >= 0.3 is 0 Å². The van der Waals surface area contributed by atoms with Crippen molar-refractivity contribution in [1.82, 2.24) is 10.6 Å². The second-order valence-electron chi connectivity index (χ2n) is 4.18. The molecule has 17 heavy (non-hydrogen) atoms. The van der Waals surface area contributed by atoms with Gasteiger partial charge in [0.1, 0.15) is 0 Å². The molecule has 1 aliphatic rings. The van der Waals surface area contributed by atoms with E-state index in [0.29, 0.717) is 6.54 Å². The maximum absolute atomic E-state index is 11.0. The van der Waals surface area contributed by atoms with Crippen LogP contribution in [0.4, 0.5) is 0 Å². The van der Waals surface area contributed by atoms with Crippen molar-refractivity contribution in [2.45, 2.75) is 45.1 Å². The molecule has 1 saturated heterocycles. The Kier molecular flexibility index (Phi) is 5.37. The fraction of sp³-hybridized carbons (Fsp3) is 0.818. The molecule has 3 atom stereocenters. The third-order valence-electron chi connectivity index (χ3n) is 2.65. The zero-order chi connectivity index (χ0) is 12.8. The molecule has 2 amide bonds. The first-order valence-corrected chi connectivity index (χ1v) is 5.72. The lowest BCUT2D eigenvalue weighted by Gasteiger charge is -2.35. The highest BCUT2D eigenvalue weighted by atomic mass is 16.7. The Hall–Kier alpha value is -1.14. The second kappa shape index (κ2) is 6.56. The molecule has 1 rings (SSSR count). The molecule has 0 saturated carbocycles. The Balaban J connectivity index is 2.42. The van der Waals surface area contributed by atoms with E-state index in [9.17, 15) is 9.59 Å². The molecule has 0 aromatic carbocycles. The van der Waals surface area contributed by atoms with Crippen molar-refractivity contribution in [3.8, 4) is 0 Å². The van der Waals surface area contributed by atoms with E-state index in [1.807, 2.05) is 0 Å². The average Bonchev–Trinajstić information content (AvgIpc) is 2.26. The van der Waals surface area contributed by atoms with Crippen LogP contribution in [0.2, 0.25) is 0 Å². The molecule has 1 fully saturated rings. The maximum atomic E-state index is 11.0. The first-order chi connectivity index (χ1) is 8.02. The van der Waals surface area contributed by atoms with E-state index in [4.69, 9.17) is 9.47 Å². The van der Waals surface area contributed by atoms with Crippen molar-refractivity contribution in [2.75, 3.05) is 13.7 Å². The van der Waals surface area contributed by atoms with Gasteiger partial charge in [0.2, 0.25) is 11.8 Å². The molecule has 1 heterocycles. The van der Waals surface area contributed by atoms with Crippen LogP contribution >= 0.6 is 0 Å². The fourth-order valence-electron chi connectivity index (χ4n) is 1.88. The van der Waals surface area contributed by atoms with Crippen LogP contribution in [0.15, 0.2) is 0 Å². The van der Waals surface area contributed by atoms with Crippen molar-refractivity contribution < 1.29 is 19.1 Å². The summed E-state index contributed by atoms with van der Waals surface area (Å²) in [4.78, 5) is 21.8. The van der Waals surface area contributed by atoms with E-state index in [1.165, 1.54) is 13.8 Å². The van der Waals surface area contributed by atoms with Gasteiger partial charge in [0.25, 0.3) is 0 Å². The highest BCUT2D eigenvalue weighted by Crippen LogP contribution is 2.19. The summed E-state index contributed by atoms with van der Waals surface area (Å²) in [5.41, 5.74) is 0. The molecule has 1 aliphatic heterocycles. The van der Waals surface area contributed by atoms with E-state index in [2.05, 4.69) is 10.6 Å². The minimum absolute atomic E-state index is 0.0612. The summed E-state index contributed by atoms with van der Waals surface area (Å²) in [7, 11) is 1.54. The predicted molar refractivity (Wildman–Crippen MR) is 61.2 cm³/mol. The number of carbonyl (C=O) groups excluding carboxylic acids is 2. The number of rotatable bonds is 4. The minimum Gasteiger partial charge on any atom is -0.354 e. The molecule has 0 spiro atoms. The highest BCUT2D eigenvalue weighted by molar-refractivity contribution is 5.73. The van der Waals surface area contributed by atoms with Gasteiger partial charge in [-0.3, -0.25) is 9.59 Å². The van der Waals surface area contributed by atoms with Gasteiger partial charge in [-0.2, -0.15) is 0 Å². The summed E-state index contributed by atoms with van der Waals surface area (Å²) in [6, 6.07) is -0.119. The number of hydrogen-bond donors (Lipinski definition) is 2. The molecular formula is C11H20N2O4. The molecule has 0 aromatic rings. The molecule has 0 radical (unpaired) electrons. The van der Waals surface area contributed by atoms with Crippen molar-refractivity contribution in [2.24, 2.45) is 0 Å². The summed E-state index contributed by atoms with van der Waals surface area (Å²) in [5.74, 6) is -0.174. The number of amides is 2. The summed E-state index contributed by atoms with van der Waals surface area (Å²) < 4.78 is 10.8. The van der Waals surface area contributed by atoms with E-state index in [-0.39, 0.29) is 24.0 Å². The first-order valence-electron chi connectivity index (χ1n) is 5.72. The van der Waals surface area contributed by atoms with E-state index in [0.717, 1.165) is 12.8 Å². The van der Waals surface area contributed by atoms with Crippen LogP contribution in [-0.2, 0) is 19.1 Å². The number of ether oxygens (including phenoxy) is 2. The quantitative estimate of drug-likeness (QED) is 0.716. The molecule has 0 aliphatic carbocycles. The smallest absolute Gasteiger partial charge is 0.217 e. The molecule has 6 heteroatoms. The summed E-state index contributed by atoms with van der Waals surface area (Å²) in [6.07, 6.45) is 1.05. The van der Waals surface area contributed by atoms with Crippen molar-refractivity contribution in [3.63, 3.8) is 0 Å². The van der Waals surface area contributed by atoms with Gasteiger partial charge in [0.15, 0.2) is 6.29 Å². The topological polar surface area (TPSA) is 76.7 Å².